The van der Waals surface area contributed by atoms with Gasteiger partial charge in [-0.15, -0.1) is 0 Å². The molecule has 2 N–H and O–H groups in total. The topological polar surface area (TPSA) is 88.5 Å². The lowest BCUT2D eigenvalue weighted by Gasteiger charge is -2.15. The van der Waals surface area contributed by atoms with Crippen LogP contribution in [-0.4, -0.2) is 24.7 Å². The molecule has 2 aromatic heterocycles. The lowest BCUT2D eigenvalue weighted by Crippen LogP contribution is -2.15. The van der Waals surface area contributed by atoms with E-state index < -0.39 is 0 Å². The summed E-state index contributed by atoms with van der Waals surface area (Å²) in [6, 6.07) is 15.2. The smallest absolute Gasteiger partial charge is 0.260 e. The van der Waals surface area contributed by atoms with Crippen LogP contribution in [-0.2, 0) is 0 Å². The van der Waals surface area contributed by atoms with E-state index in [4.69, 9.17) is 0 Å². The number of nitrogens with zero attached hydrogens (tertiary/aromatic N) is 4. The van der Waals surface area contributed by atoms with Crippen LogP contribution in [0.5, 0.6) is 0 Å². The van der Waals surface area contributed by atoms with Gasteiger partial charge in [0.05, 0.1) is 22.6 Å². The SMILES string of the molecule is C[C@@H](Nc1nc2ccccc2c(=O)[nH]1)c1ccc(-n2cncn2)cc1. The number of H-pyrrole nitrogens is 1. The van der Waals surface area contributed by atoms with Crippen molar-refractivity contribution in [2.75, 3.05) is 5.32 Å². The summed E-state index contributed by atoms with van der Waals surface area (Å²) in [5, 5.41) is 7.93. The Bertz CT molecular complexity index is 1050. The largest absolute Gasteiger partial charge is 0.349 e. The highest BCUT2D eigenvalue weighted by Gasteiger charge is 2.09. The van der Waals surface area contributed by atoms with Crippen molar-refractivity contribution in [2.24, 2.45) is 0 Å². The molecule has 2 aromatic carbocycles. The fourth-order valence-electron chi connectivity index (χ4n) is 2.70. The van der Waals surface area contributed by atoms with Crippen LogP contribution in [0.1, 0.15) is 18.5 Å². The van der Waals surface area contributed by atoms with Gasteiger partial charge >= 0.3 is 0 Å². The number of fused-ring (bicyclic) bond motifs is 1. The van der Waals surface area contributed by atoms with Crippen LogP contribution < -0.4 is 10.9 Å². The fraction of sp³-hybridized carbons (Fsp3) is 0.111. The number of hydrogen-bond donors (Lipinski definition) is 2. The van der Waals surface area contributed by atoms with E-state index in [1.807, 2.05) is 49.4 Å². The van der Waals surface area contributed by atoms with Gasteiger partial charge in [-0.25, -0.2) is 14.6 Å². The standard InChI is InChI=1S/C18H16N6O/c1-12(13-6-8-14(9-7-13)24-11-19-10-20-24)21-18-22-16-5-3-2-4-15(16)17(25)23-18/h2-12H,1H3,(H2,21,22,23,25)/t12-/m1/s1. The van der Waals surface area contributed by atoms with Crippen molar-refractivity contribution in [2.45, 2.75) is 13.0 Å². The second kappa shape index (κ2) is 6.20. The maximum Gasteiger partial charge on any atom is 0.260 e. The maximum atomic E-state index is 12.1. The summed E-state index contributed by atoms with van der Waals surface area (Å²) in [4.78, 5) is 23.3. The first-order chi connectivity index (χ1) is 12.2. The quantitative estimate of drug-likeness (QED) is 0.600. The second-order valence-corrected chi connectivity index (χ2v) is 5.73. The Morgan fingerprint density at radius 3 is 2.68 bits per heavy atom. The molecule has 25 heavy (non-hydrogen) atoms. The highest BCUT2D eigenvalue weighted by Crippen LogP contribution is 2.19. The Morgan fingerprint density at radius 1 is 1.12 bits per heavy atom. The monoisotopic (exact) mass is 332 g/mol. The number of nitrogens with one attached hydrogen (secondary N) is 2. The molecule has 0 saturated carbocycles. The number of para-hydroxylation sites is 1. The molecule has 1 atom stereocenters. The van der Waals surface area contributed by atoms with Crippen molar-refractivity contribution in [3.05, 3.63) is 77.1 Å². The molecule has 0 unspecified atom stereocenters. The number of benzene rings is 2. The van der Waals surface area contributed by atoms with Crippen LogP contribution in [0.3, 0.4) is 0 Å². The Hall–Kier alpha value is -3.48. The zero-order valence-corrected chi connectivity index (χ0v) is 13.5. The third-order valence-electron chi connectivity index (χ3n) is 4.04. The van der Waals surface area contributed by atoms with Crippen LogP contribution in [0, 0.1) is 0 Å². The first kappa shape index (κ1) is 15.1. The molecule has 0 aliphatic heterocycles. The van der Waals surface area contributed by atoms with Crippen molar-refractivity contribution in [1.29, 1.82) is 0 Å². The predicted molar refractivity (Wildman–Crippen MR) is 95.8 cm³/mol. The molecule has 0 radical (unpaired) electrons. The molecule has 124 valence electrons. The minimum atomic E-state index is -0.151. The van der Waals surface area contributed by atoms with Crippen LogP contribution in [0.4, 0.5) is 5.95 Å². The molecule has 0 fully saturated rings. The Kier molecular flexibility index (Phi) is 3.74. The maximum absolute atomic E-state index is 12.1. The summed E-state index contributed by atoms with van der Waals surface area (Å²) in [6.07, 6.45) is 3.15. The first-order valence-corrected chi connectivity index (χ1v) is 7.91. The van der Waals surface area contributed by atoms with Crippen molar-refractivity contribution in [3.8, 4) is 5.69 Å². The number of hydrogen-bond acceptors (Lipinski definition) is 5. The Balaban J connectivity index is 1.57. The molecular weight excluding hydrogens is 316 g/mol. The van der Waals surface area contributed by atoms with E-state index in [0.29, 0.717) is 16.9 Å². The number of anilines is 1. The van der Waals surface area contributed by atoms with Gasteiger partial charge in [0.25, 0.3) is 5.56 Å². The van der Waals surface area contributed by atoms with E-state index in [2.05, 4.69) is 25.4 Å². The van der Waals surface area contributed by atoms with Gasteiger partial charge in [-0.1, -0.05) is 24.3 Å². The van der Waals surface area contributed by atoms with Gasteiger partial charge in [-0.2, -0.15) is 5.10 Å². The average molecular weight is 332 g/mol. The number of rotatable bonds is 4. The molecule has 0 bridgehead atoms. The normalized spacial score (nSPS) is 12.2. The third-order valence-corrected chi connectivity index (χ3v) is 4.04. The molecule has 4 rings (SSSR count). The molecule has 0 saturated heterocycles. The molecule has 0 aliphatic rings. The Morgan fingerprint density at radius 2 is 1.92 bits per heavy atom. The van der Waals surface area contributed by atoms with E-state index in [9.17, 15) is 4.79 Å². The second-order valence-electron chi connectivity index (χ2n) is 5.73. The summed E-state index contributed by atoms with van der Waals surface area (Å²) < 4.78 is 1.70. The summed E-state index contributed by atoms with van der Waals surface area (Å²) >= 11 is 0. The molecule has 2 heterocycles. The summed E-state index contributed by atoms with van der Waals surface area (Å²) in [7, 11) is 0. The molecule has 0 spiro atoms. The van der Waals surface area contributed by atoms with Crippen LogP contribution in [0.2, 0.25) is 0 Å². The van der Waals surface area contributed by atoms with Gasteiger partial charge in [0, 0.05) is 0 Å². The van der Waals surface area contributed by atoms with Gasteiger partial charge in [0.15, 0.2) is 0 Å². The van der Waals surface area contributed by atoms with Crippen LogP contribution in [0.25, 0.3) is 16.6 Å². The van der Waals surface area contributed by atoms with Crippen molar-refractivity contribution in [3.63, 3.8) is 0 Å². The van der Waals surface area contributed by atoms with E-state index in [0.717, 1.165) is 11.3 Å². The Labute approximate surface area is 143 Å². The molecular formula is C18H16N6O. The lowest BCUT2D eigenvalue weighted by atomic mass is 10.1. The van der Waals surface area contributed by atoms with Crippen molar-refractivity contribution >= 4 is 16.9 Å². The molecule has 4 aromatic rings. The highest BCUT2D eigenvalue weighted by atomic mass is 16.1. The number of aromatic amines is 1. The summed E-state index contributed by atoms with van der Waals surface area (Å²) in [5.74, 6) is 0.455. The van der Waals surface area contributed by atoms with Gasteiger partial charge in [0.2, 0.25) is 5.95 Å². The van der Waals surface area contributed by atoms with E-state index >= 15 is 0 Å². The van der Waals surface area contributed by atoms with Gasteiger partial charge in [-0.3, -0.25) is 9.78 Å². The molecule has 0 amide bonds. The van der Waals surface area contributed by atoms with Gasteiger partial charge in [0.1, 0.15) is 12.7 Å². The predicted octanol–water partition coefficient (Wildman–Crippen LogP) is 2.68. The number of aromatic nitrogens is 5. The summed E-state index contributed by atoms with van der Waals surface area (Å²) in [5.41, 5.74) is 2.52. The minimum absolute atomic E-state index is 0.0193. The zero-order valence-electron chi connectivity index (χ0n) is 13.5. The van der Waals surface area contributed by atoms with Crippen LogP contribution >= 0.6 is 0 Å². The molecule has 7 nitrogen and oxygen atoms in total. The van der Waals surface area contributed by atoms with Crippen LogP contribution in [0.15, 0.2) is 66.0 Å². The molecule has 0 aliphatic carbocycles. The van der Waals surface area contributed by atoms with Gasteiger partial charge in [-0.05, 0) is 36.8 Å². The molecule has 7 heteroatoms. The van der Waals surface area contributed by atoms with Gasteiger partial charge < -0.3 is 5.32 Å². The van der Waals surface area contributed by atoms with E-state index in [1.165, 1.54) is 6.33 Å². The lowest BCUT2D eigenvalue weighted by molar-refractivity contribution is 0.850. The van der Waals surface area contributed by atoms with E-state index in [1.54, 1.807) is 17.1 Å². The van der Waals surface area contributed by atoms with Crippen molar-refractivity contribution in [1.82, 2.24) is 24.7 Å². The third kappa shape index (κ3) is 2.99. The van der Waals surface area contributed by atoms with E-state index in [-0.39, 0.29) is 11.6 Å². The fourth-order valence-corrected chi connectivity index (χ4v) is 2.70. The van der Waals surface area contributed by atoms with Crippen molar-refractivity contribution < 1.29 is 0 Å². The zero-order chi connectivity index (χ0) is 17.2. The minimum Gasteiger partial charge on any atom is -0.349 e. The average Bonchev–Trinajstić information content (AvgIpc) is 3.16. The highest BCUT2D eigenvalue weighted by molar-refractivity contribution is 5.78. The first-order valence-electron chi connectivity index (χ1n) is 7.91. The summed E-state index contributed by atoms with van der Waals surface area (Å²) in [6.45, 7) is 2.01.